The van der Waals surface area contributed by atoms with Gasteiger partial charge in [-0.25, -0.2) is 18.2 Å². The number of piperazine rings is 1. The Kier molecular flexibility index (Phi) is 12.0. The number of nitrogens with one attached hydrogen (secondary N) is 5. The highest BCUT2D eigenvalue weighted by atomic mass is 32.2. The maximum atomic E-state index is 13.3. The molecule has 0 aliphatic carbocycles. The predicted octanol–water partition coefficient (Wildman–Crippen LogP) is 2.78. The van der Waals surface area contributed by atoms with Crippen LogP contribution in [0.5, 0.6) is 0 Å². The molecule has 8 N–H and O–H groups in total. The first kappa shape index (κ1) is 35.5. The van der Waals surface area contributed by atoms with Crippen molar-refractivity contribution >= 4 is 67.0 Å². The van der Waals surface area contributed by atoms with Gasteiger partial charge in [-0.15, -0.1) is 22.7 Å². The van der Waals surface area contributed by atoms with Crippen LogP contribution in [-0.2, 0) is 27.9 Å². The molecule has 260 valence electrons. The Morgan fingerprint density at radius 2 is 1.92 bits per heavy atom. The third kappa shape index (κ3) is 10.1. The number of hydrogen-bond acceptors (Lipinski definition) is 12. The van der Waals surface area contributed by atoms with Gasteiger partial charge in [0.15, 0.2) is 11.1 Å². The number of benzene rings is 1. The average molecular weight is 727 g/mol. The second-order valence-corrected chi connectivity index (χ2v) is 14.7. The minimum atomic E-state index is -4.10. The van der Waals surface area contributed by atoms with E-state index in [9.17, 15) is 23.1 Å². The maximum Gasteiger partial charge on any atom is 0.326 e. The molecule has 1 saturated heterocycles. The molecule has 0 bridgehead atoms. The van der Waals surface area contributed by atoms with Gasteiger partial charge in [-0.3, -0.25) is 24.8 Å². The monoisotopic (exact) mass is 726 g/mol. The van der Waals surface area contributed by atoms with E-state index in [1.807, 2.05) is 17.6 Å². The molecule has 4 aromatic rings. The number of nitrogens with zero attached hydrogens (tertiary/aromatic N) is 4. The second kappa shape index (κ2) is 16.6. The number of carbonyl (C=O) groups is 2. The summed E-state index contributed by atoms with van der Waals surface area (Å²) in [5.74, 6) is -2.19. The number of pyridine rings is 1. The van der Waals surface area contributed by atoms with E-state index in [1.165, 1.54) is 23.8 Å². The Morgan fingerprint density at radius 1 is 1.10 bits per heavy atom. The van der Waals surface area contributed by atoms with E-state index in [1.54, 1.807) is 35.0 Å². The van der Waals surface area contributed by atoms with Crippen molar-refractivity contribution in [2.45, 2.75) is 36.9 Å². The van der Waals surface area contributed by atoms with Crippen LogP contribution in [0.4, 0.5) is 16.5 Å². The van der Waals surface area contributed by atoms with Crippen molar-refractivity contribution in [2.75, 3.05) is 47.7 Å². The summed E-state index contributed by atoms with van der Waals surface area (Å²) in [6, 6.07) is 10.6. The summed E-state index contributed by atoms with van der Waals surface area (Å²) in [6.45, 7) is 5.15. The van der Waals surface area contributed by atoms with Crippen molar-refractivity contribution in [3.05, 3.63) is 81.8 Å². The van der Waals surface area contributed by atoms with E-state index in [0.29, 0.717) is 18.7 Å². The van der Waals surface area contributed by atoms with Gasteiger partial charge in [0.25, 0.3) is 15.9 Å². The Bertz CT molecular complexity index is 1840. The number of sulfonamides is 1. The summed E-state index contributed by atoms with van der Waals surface area (Å²) in [7, 11) is -4.10. The number of aliphatic carboxylic acids is 1. The summed E-state index contributed by atoms with van der Waals surface area (Å²) in [6.07, 6.45) is 4.10. The lowest BCUT2D eigenvalue weighted by atomic mass is 10.1. The van der Waals surface area contributed by atoms with Crippen LogP contribution in [0, 0.1) is 5.41 Å². The third-order valence-electron chi connectivity index (χ3n) is 7.63. The van der Waals surface area contributed by atoms with E-state index in [4.69, 9.17) is 16.1 Å². The van der Waals surface area contributed by atoms with Gasteiger partial charge in [-0.2, -0.15) is 0 Å². The second-order valence-electron chi connectivity index (χ2n) is 11.2. The number of guanidine groups is 1. The molecule has 18 heteroatoms. The van der Waals surface area contributed by atoms with Crippen LogP contribution < -0.4 is 31.3 Å². The van der Waals surface area contributed by atoms with Gasteiger partial charge in [0.2, 0.25) is 0 Å². The van der Waals surface area contributed by atoms with Crippen molar-refractivity contribution in [2.24, 2.45) is 5.73 Å². The number of carbonyl (C=O) groups excluding carboxylic acids is 1. The minimum absolute atomic E-state index is 0.0143. The lowest BCUT2D eigenvalue weighted by molar-refractivity contribution is -0.139. The fraction of sp³-hybridized carbons (Fsp3) is 0.323. The van der Waals surface area contributed by atoms with Gasteiger partial charge in [0.05, 0.1) is 22.8 Å². The first-order valence-electron chi connectivity index (χ1n) is 15.4. The highest BCUT2D eigenvalue weighted by Crippen LogP contribution is 2.27. The van der Waals surface area contributed by atoms with E-state index >= 15 is 0 Å². The molecule has 49 heavy (non-hydrogen) atoms. The van der Waals surface area contributed by atoms with Gasteiger partial charge in [0.1, 0.15) is 10.9 Å². The number of nitrogens with two attached hydrogens (primary N) is 1. The lowest BCUT2D eigenvalue weighted by Gasteiger charge is -2.34. The molecule has 0 radical (unpaired) electrons. The number of aromatic nitrogens is 2. The van der Waals surface area contributed by atoms with E-state index in [-0.39, 0.29) is 34.4 Å². The van der Waals surface area contributed by atoms with Crippen LogP contribution in [-0.4, -0.2) is 85.0 Å². The molecule has 1 aliphatic heterocycles. The minimum Gasteiger partial charge on any atom is -0.480 e. The normalized spacial score (nSPS) is 14.2. The van der Waals surface area contributed by atoms with Gasteiger partial charge >= 0.3 is 5.97 Å². The Morgan fingerprint density at radius 3 is 2.65 bits per heavy atom. The molecule has 1 fully saturated rings. The van der Waals surface area contributed by atoms with Crippen LogP contribution in [0.25, 0.3) is 0 Å². The van der Waals surface area contributed by atoms with E-state index in [2.05, 4.69) is 41.5 Å². The van der Waals surface area contributed by atoms with Crippen molar-refractivity contribution in [3.63, 3.8) is 0 Å². The van der Waals surface area contributed by atoms with Crippen molar-refractivity contribution in [1.29, 1.82) is 5.41 Å². The molecule has 3 aromatic heterocycles. The molecule has 4 heterocycles. The number of anilines is 3. The van der Waals surface area contributed by atoms with Gasteiger partial charge in [0, 0.05) is 62.7 Å². The summed E-state index contributed by atoms with van der Waals surface area (Å²) >= 11 is 2.57. The van der Waals surface area contributed by atoms with Crippen molar-refractivity contribution < 1.29 is 23.1 Å². The summed E-state index contributed by atoms with van der Waals surface area (Å²) in [4.78, 5) is 38.4. The first-order chi connectivity index (χ1) is 23.6. The molecule has 1 aliphatic rings. The lowest BCUT2D eigenvalue weighted by Crippen LogP contribution is -2.45. The molecule has 0 saturated carbocycles. The fourth-order valence-corrected chi connectivity index (χ4v) is 7.93. The molecule has 15 nitrogen and oxygen atoms in total. The quantitative estimate of drug-likeness (QED) is 0.0504. The maximum absolute atomic E-state index is 13.3. The number of rotatable bonds is 16. The van der Waals surface area contributed by atoms with Crippen LogP contribution in [0.15, 0.2) is 70.5 Å². The highest BCUT2D eigenvalue weighted by molar-refractivity contribution is 7.92. The number of hydrogen-bond donors (Lipinski definition) is 7. The standard InChI is InChI=1S/C31H38N10O5S3/c32-30(33)35-10-3-7-26(29(43)44)38-28(42)27-25(8-15-47-27)39-49(45,46)24-6-1-5-22(16-24)36-18-23-20-48-31(37-23)41-13-11-40(12-14-41)19-21-4-2-9-34-17-21/h1-2,4-6,8-9,15-17,20,26,36,39H,3,7,10-14,18-19H2,(H,38,42)(H,43,44)(H4,32,33,35)/t26-/m0/s1. The van der Waals surface area contributed by atoms with Crippen LogP contribution >= 0.6 is 22.7 Å². The van der Waals surface area contributed by atoms with E-state index < -0.39 is 27.9 Å². The Hall–Kier alpha value is -4.78. The van der Waals surface area contributed by atoms with Gasteiger partial charge < -0.3 is 31.7 Å². The smallest absolute Gasteiger partial charge is 0.326 e. The molecule has 5 rings (SSSR count). The Labute approximate surface area is 292 Å². The largest absolute Gasteiger partial charge is 0.480 e. The summed E-state index contributed by atoms with van der Waals surface area (Å²) in [5.41, 5.74) is 7.89. The molecule has 0 spiro atoms. The summed E-state index contributed by atoms with van der Waals surface area (Å²) in [5, 5.41) is 29.5. The average Bonchev–Trinajstić information content (AvgIpc) is 3.76. The van der Waals surface area contributed by atoms with Crippen molar-refractivity contribution in [3.8, 4) is 0 Å². The topological polar surface area (TPSA) is 219 Å². The zero-order chi connectivity index (χ0) is 34.8. The van der Waals surface area contributed by atoms with E-state index in [0.717, 1.165) is 54.9 Å². The number of amides is 1. The number of thiazole rings is 1. The van der Waals surface area contributed by atoms with Crippen LogP contribution in [0.2, 0.25) is 0 Å². The molecular formula is C31H38N10O5S3. The Balaban J connectivity index is 1.14. The summed E-state index contributed by atoms with van der Waals surface area (Å²) < 4.78 is 29.2. The van der Waals surface area contributed by atoms with Crippen LogP contribution in [0.1, 0.15) is 33.8 Å². The zero-order valence-corrected chi connectivity index (χ0v) is 28.9. The third-order valence-corrected chi connectivity index (χ3v) is 10.9. The SMILES string of the molecule is N=C(N)NCCC[C@H](NC(=O)c1sccc1NS(=O)(=O)c1cccc(NCc2csc(N3CCN(Cc4cccnc4)CC3)n2)c1)C(=O)O. The van der Waals surface area contributed by atoms with Crippen molar-refractivity contribution in [1.82, 2.24) is 25.5 Å². The molecule has 1 aromatic carbocycles. The fourth-order valence-electron chi connectivity index (χ4n) is 5.12. The predicted molar refractivity (Wildman–Crippen MR) is 191 cm³/mol. The van der Waals surface area contributed by atoms with Crippen LogP contribution in [0.3, 0.4) is 0 Å². The van der Waals surface area contributed by atoms with Gasteiger partial charge in [-0.05, 0) is 54.1 Å². The van der Waals surface area contributed by atoms with Gasteiger partial charge in [-0.1, -0.05) is 12.1 Å². The molecule has 1 atom stereocenters. The number of carboxylic acids is 1. The number of thiophene rings is 1. The molecule has 1 amide bonds. The first-order valence-corrected chi connectivity index (χ1v) is 18.7. The zero-order valence-electron chi connectivity index (χ0n) is 26.5. The molecular weight excluding hydrogens is 689 g/mol. The molecule has 0 unspecified atom stereocenters. The highest BCUT2D eigenvalue weighted by Gasteiger charge is 2.25. The number of carboxylic acid groups (broad SMARTS) is 1.